The number of likely N-dealkylation sites (tertiary alicyclic amines) is 1. The summed E-state index contributed by atoms with van der Waals surface area (Å²) in [5.74, 6) is -1.10. The molecule has 1 N–H and O–H groups in total. The van der Waals surface area contributed by atoms with Gasteiger partial charge in [-0.15, -0.1) is 11.3 Å². The molecule has 2 rings (SSSR count). The van der Waals surface area contributed by atoms with E-state index in [0.29, 0.717) is 23.5 Å². The van der Waals surface area contributed by atoms with Gasteiger partial charge in [-0.1, -0.05) is 0 Å². The molecule has 1 aromatic rings. The first-order chi connectivity index (χ1) is 8.50. The maximum Gasteiger partial charge on any atom is 0.326 e. The van der Waals surface area contributed by atoms with Crippen LogP contribution in [0.15, 0.2) is 0 Å². The maximum absolute atomic E-state index is 12.4. The molecule has 1 atom stereocenters. The lowest BCUT2D eigenvalue weighted by Crippen LogP contribution is -2.47. The van der Waals surface area contributed by atoms with Crippen molar-refractivity contribution in [3.8, 4) is 0 Å². The van der Waals surface area contributed by atoms with Gasteiger partial charge in [0, 0.05) is 6.54 Å². The number of aryl methyl sites for hydroxylation is 2. The fourth-order valence-corrected chi connectivity index (χ4v) is 3.17. The van der Waals surface area contributed by atoms with Crippen LogP contribution in [0.1, 0.15) is 39.6 Å². The molecule has 0 radical (unpaired) electrons. The Morgan fingerprint density at radius 1 is 1.39 bits per heavy atom. The first-order valence-electron chi connectivity index (χ1n) is 5.98. The molecule has 6 heteroatoms. The first-order valence-corrected chi connectivity index (χ1v) is 6.80. The van der Waals surface area contributed by atoms with Crippen LogP contribution >= 0.6 is 11.3 Å². The summed E-state index contributed by atoms with van der Waals surface area (Å²) >= 11 is 1.33. The van der Waals surface area contributed by atoms with E-state index in [-0.39, 0.29) is 5.91 Å². The zero-order valence-corrected chi connectivity index (χ0v) is 11.3. The molecule has 1 aliphatic heterocycles. The zero-order valence-electron chi connectivity index (χ0n) is 10.5. The Kier molecular flexibility index (Phi) is 3.65. The molecule has 0 unspecified atom stereocenters. The number of nitrogens with zero attached hydrogens (tertiary/aromatic N) is 2. The summed E-state index contributed by atoms with van der Waals surface area (Å²) in [6, 6.07) is -0.687. The largest absolute Gasteiger partial charge is 0.480 e. The van der Waals surface area contributed by atoms with E-state index in [2.05, 4.69) is 4.98 Å². The minimum absolute atomic E-state index is 0.190. The number of carbonyl (C=O) groups is 2. The van der Waals surface area contributed by atoms with Crippen LogP contribution in [0.2, 0.25) is 0 Å². The highest BCUT2D eigenvalue weighted by molar-refractivity contribution is 7.13. The zero-order chi connectivity index (χ0) is 13.3. The summed E-state index contributed by atoms with van der Waals surface area (Å²) in [5, 5.41) is 10.0. The van der Waals surface area contributed by atoms with Crippen molar-refractivity contribution in [2.75, 3.05) is 6.54 Å². The Bertz CT molecular complexity index is 484. The van der Waals surface area contributed by atoms with Gasteiger partial charge >= 0.3 is 5.97 Å². The van der Waals surface area contributed by atoms with E-state index in [0.717, 1.165) is 17.8 Å². The molecule has 1 aromatic heterocycles. The Morgan fingerprint density at radius 2 is 2.11 bits per heavy atom. The molecule has 1 amide bonds. The van der Waals surface area contributed by atoms with Crippen molar-refractivity contribution in [1.82, 2.24) is 9.88 Å². The van der Waals surface area contributed by atoms with E-state index < -0.39 is 12.0 Å². The highest BCUT2D eigenvalue weighted by atomic mass is 32.1. The highest BCUT2D eigenvalue weighted by Crippen LogP contribution is 2.24. The van der Waals surface area contributed by atoms with Crippen LogP contribution in [-0.4, -0.2) is 39.5 Å². The lowest BCUT2D eigenvalue weighted by atomic mass is 10.0. The molecule has 0 aromatic carbocycles. The van der Waals surface area contributed by atoms with Crippen molar-refractivity contribution < 1.29 is 14.7 Å². The van der Waals surface area contributed by atoms with Gasteiger partial charge in [0.25, 0.3) is 5.91 Å². The number of aliphatic carboxylic acids is 1. The van der Waals surface area contributed by atoms with E-state index in [1.807, 2.05) is 6.92 Å². The third-order valence-corrected chi connectivity index (χ3v) is 4.21. The minimum Gasteiger partial charge on any atom is -0.480 e. The third-order valence-electron chi connectivity index (χ3n) is 3.15. The number of aromatic nitrogens is 1. The molecule has 0 spiro atoms. The average molecular weight is 268 g/mol. The molecule has 0 bridgehead atoms. The second kappa shape index (κ2) is 5.06. The van der Waals surface area contributed by atoms with E-state index in [9.17, 15) is 14.7 Å². The monoisotopic (exact) mass is 268 g/mol. The van der Waals surface area contributed by atoms with Crippen LogP contribution in [0, 0.1) is 13.8 Å². The molecule has 98 valence electrons. The van der Waals surface area contributed by atoms with Crippen LogP contribution in [-0.2, 0) is 4.79 Å². The molecule has 0 saturated carbocycles. The SMILES string of the molecule is Cc1nc(C)c(C(=O)N2CCCC[C@H]2C(=O)O)s1. The van der Waals surface area contributed by atoms with Gasteiger partial charge in [0.1, 0.15) is 10.9 Å². The summed E-state index contributed by atoms with van der Waals surface area (Å²) < 4.78 is 0. The fourth-order valence-electron chi connectivity index (χ4n) is 2.29. The summed E-state index contributed by atoms with van der Waals surface area (Å²) in [5.41, 5.74) is 0.692. The van der Waals surface area contributed by atoms with Gasteiger partial charge in [-0.3, -0.25) is 4.79 Å². The normalized spacial score (nSPS) is 19.9. The fraction of sp³-hybridized carbons (Fsp3) is 0.583. The van der Waals surface area contributed by atoms with E-state index in [1.54, 1.807) is 6.92 Å². The number of amides is 1. The van der Waals surface area contributed by atoms with Crippen molar-refractivity contribution in [3.63, 3.8) is 0 Å². The van der Waals surface area contributed by atoms with Gasteiger partial charge in [-0.2, -0.15) is 0 Å². The summed E-state index contributed by atoms with van der Waals surface area (Å²) in [6.07, 6.45) is 2.27. The molecule has 1 saturated heterocycles. The van der Waals surface area contributed by atoms with Crippen molar-refractivity contribution >= 4 is 23.2 Å². The summed E-state index contributed by atoms with van der Waals surface area (Å²) in [7, 11) is 0. The van der Waals surface area contributed by atoms with Gasteiger partial charge in [0.05, 0.1) is 10.7 Å². The van der Waals surface area contributed by atoms with Gasteiger partial charge in [-0.25, -0.2) is 9.78 Å². The van der Waals surface area contributed by atoms with Gasteiger partial charge in [-0.05, 0) is 33.1 Å². The Hall–Kier alpha value is -1.43. The van der Waals surface area contributed by atoms with Crippen molar-refractivity contribution in [3.05, 3.63) is 15.6 Å². The maximum atomic E-state index is 12.4. The third kappa shape index (κ3) is 2.38. The van der Waals surface area contributed by atoms with Crippen LogP contribution < -0.4 is 0 Å². The van der Waals surface area contributed by atoms with Crippen LogP contribution in [0.3, 0.4) is 0 Å². The lowest BCUT2D eigenvalue weighted by molar-refractivity contribution is -0.143. The highest BCUT2D eigenvalue weighted by Gasteiger charge is 2.33. The van der Waals surface area contributed by atoms with Crippen LogP contribution in [0.4, 0.5) is 0 Å². The summed E-state index contributed by atoms with van der Waals surface area (Å²) in [6.45, 7) is 4.15. The molecular formula is C12H16N2O3S. The molecular weight excluding hydrogens is 252 g/mol. The molecule has 18 heavy (non-hydrogen) atoms. The minimum atomic E-state index is -0.915. The number of hydrogen-bond acceptors (Lipinski definition) is 4. The van der Waals surface area contributed by atoms with E-state index in [1.165, 1.54) is 16.2 Å². The Morgan fingerprint density at radius 3 is 2.67 bits per heavy atom. The number of hydrogen-bond donors (Lipinski definition) is 1. The number of carboxylic acids is 1. The lowest BCUT2D eigenvalue weighted by Gasteiger charge is -2.32. The van der Waals surface area contributed by atoms with Gasteiger partial charge in [0.15, 0.2) is 0 Å². The predicted molar refractivity (Wildman–Crippen MR) is 67.9 cm³/mol. The predicted octanol–water partition coefficient (Wildman–Crippen LogP) is 1.84. The second-order valence-electron chi connectivity index (χ2n) is 4.50. The Balaban J connectivity index is 2.26. The van der Waals surface area contributed by atoms with Crippen LogP contribution in [0.25, 0.3) is 0 Å². The smallest absolute Gasteiger partial charge is 0.326 e. The number of carboxylic acid groups (broad SMARTS) is 1. The van der Waals surface area contributed by atoms with E-state index >= 15 is 0 Å². The number of piperidine rings is 1. The topological polar surface area (TPSA) is 70.5 Å². The van der Waals surface area contributed by atoms with Crippen molar-refractivity contribution in [2.24, 2.45) is 0 Å². The first kappa shape index (κ1) is 13.0. The second-order valence-corrected chi connectivity index (χ2v) is 5.70. The molecule has 1 fully saturated rings. The Labute approximate surface area is 109 Å². The van der Waals surface area contributed by atoms with Crippen molar-refractivity contribution in [2.45, 2.75) is 39.2 Å². The summed E-state index contributed by atoms with van der Waals surface area (Å²) in [4.78, 5) is 29.8. The molecule has 2 heterocycles. The number of thiazole rings is 1. The van der Waals surface area contributed by atoms with Crippen LogP contribution in [0.5, 0.6) is 0 Å². The van der Waals surface area contributed by atoms with E-state index in [4.69, 9.17) is 0 Å². The number of rotatable bonds is 2. The number of carbonyl (C=O) groups excluding carboxylic acids is 1. The van der Waals surface area contributed by atoms with Crippen molar-refractivity contribution in [1.29, 1.82) is 0 Å². The average Bonchev–Trinajstić information content (AvgIpc) is 2.67. The quantitative estimate of drug-likeness (QED) is 0.888. The molecule has 5 nitrogen and oxygen atoms in total. The van der Waals surface area contributed by atoms with Gasteiger partial charge in [0.2, 0.25) is 0 Å². The molecule has 0 aliphatic carbocycles. The molecule has 1 aliphatic rings. The standard InChI is InChI=1S/C12H16N2O3S/c1-7-10(18-8(2)13-7)11(15)14-6-4-3-5-9(14)12(16)17/h9H,3-6H2,1-2H3,(H,16,17)/t9-/m0/s1. The van der Waals surface area contributed by atoms with Gasteiger partial charge < -0.3 is 10.0 Å².